The molecule has 1 amide bonds. The van der Waals surface area contributed by atoms with Gasteiger partial charge in [-0.15, -0.1) is 0 Å². The van der Waals surface area contributed by atoms with E-state index < -0.39 is 6.09 Å². The SMILES string of the molecule is [CH2]COC(=O)NN(CC)CC. The molecule has 4 heteroatoms. The van der Waals surface area contributed by atoms with Gasteiger partial charge in [0.25, 0.3) is 0 Å². The zero-order valence-electron chi connectivity index (χ0n) is 7.09. The Morgan fingerprint density at radius 2 is 2.09 bits per heavy atom. The molecule has 0 aromatic heterocycles. The summed E-state index contributed by atoms with van der Waals surface area (Å²) in [6.07, 6.45) is -0.441. The lowest BCUT2D eigenvalue weighted by molar-refractivity contribution is 0.118. The van der Waals surface area contributed by atoms with E-state index >= 15 is 0 Å². The van der Waals surface area contributed by atoms with Crippen molar-refractivity contribution in [2.75, 3.05) is 19.7 Å². The first-order chi connectivity index (χ1) is 5.24. The Balaban J connectivity index is 3.54. The summed E-state index contributed by atoms with van der Waals surface area (Å²) in [4.78, 5) is 10.8. The molecule has 0 rings (SSSR count). The predicted molar refractivity (Wildman–Crippen MR) is 42.8 cm³/mol. The summed E-state index contributed by atoms with van der Waals surface area (Å²) in [5.74, 6) is 0. The zero-order valence-corrected chi connectivity index (χ0v) is 7.09. The molecule has 1 N–H and O–H groups in total. The van der Waals surface area contributed by atoms with Gasteiger partial charge in [0.15, 0.2) is 0 Å². The van der Waals surface area contributed by atoms with Crippen molar-refractivity contribution in [1.82, 2.24) is 10.4 Å². The monoisotopic (exact) mass is 159 g/mol. The minimum Gasteiger partial charge on any atom is -0.449 e. The van der Waals surface area contributed by atoms with Crippen LogP contribution in [0.4, 0.5) is 4.79 Å². The van der Waals surface area contributed by atoms with Crippen LogP contribution in [0, 0.1) is 6.92 Å². The Labute approximate surface area is 67.5 Å². The molecule has 0 aliphatic heterocycles. The molecule has 0 fully saturated rings. The maximum absolute atomic E-state index is 10.8. The van der Waals surface area contributed by atoms with E-state index in [1.165, 1.54) is 0 Å². The molecule has 0 heterocycles. The first-order valence-electron chi connectivity index (χ1n) is 3.72. The summed E-state index contributed by atoms with van der Waals surface area (Å²) < 4.78 is 4.57. The molecule has 65 valence electrons. The van der Waals surface area contributed by atoms with E-state index in [0.29, 0.717) is 0 Å². The normalized spacial score (nSPS) is 9.82. The third-order valence-corrected chi connectivity index (χ3v) is 1.25. The van der Waals surface area contributed by atoms with Gasteiger partial charge in [0.2, 0.25) is 0 Å². The van der Waals surface area contributed by atoms with Crippen molar-refractivity contribution >= 4 is 6.09 Å². The number of rotatable bonds is 4. The molecule has 4 nitrogen and oxygen atoms in total. The van der Waals surface area contributed by atoms with Crippen molar-refractivity contribution in [2.24, 2.45) is 0 Å². The number of hydrogen-bond acceptors (Lipinski definition) is 3. The van der Waals surface area contributed by atoms with Crippen LogP contribution in [-0.2, 0) is 4.74 Å². The largest absolute Gasteiger partial charge is 0.449 e. The number of ether oxygens (including phenoxy) is 1. The number of nitrogens with zero attached hydrogens (tertiary/aromatic N) is 1. The van der Waals surface area contributed by atoms with Gasteiger partial charge in [-0.1, -0.05) is 13.8 Å². The maximum atomic E-state index is 10.8. The van der Waals surface area contributed by atoms with E-state index in [-0.39, 0.29) is 6.61 Å². The number of hydrogen-bond donors (Lipinski definition) is 1. The predicted octanol–water partition coefficient (Wildman–Crippen LogP) is 0.803. The molecule has 0 atom stereocenters. The second-order valence-electron chi connectivity index (χ2n) is 1.92. The van der Waals surface area contributed by atoms with Gasteiger partial charge in [0, 0.05) is 13.1 Å². The van der Waals surface area contributed by atoms with Gasteiger partial charge in [0.1, 0.15) is 0 Å². The third kappa shape index (κ3) is 4.61. The van der Waals surface area contributed by atoms with Crippen LogP contribution in [-0.4, -0.2) is 30.8 Å². The first-order valence-corrected chi connectivity index (χ1v) is 3.72. The van der Waals surface area contributed by atoms with E-state index in [1.807, 2.05) is 13.8 Å². The van der Waals surface area contributed by atoms with Crippen LogP contribution >= 0.6 is 0 Å². The molecule has 0 saturated heterocycles. The van der Waals surface area contributed by atoms with Crippen molar-refractivity contribution in [2.45, 2.75) is 13.8 Å². The molecule has 0 saturated carbocycles. The molecule has 1 radical (unpaired) electrons. The Morgan fingerprint density at radius 1 is 1.55 bits per heavy atom. The van der Waals surface area contributed by atoms with Crippen LogP contribution in [0.25, 0.3) is 0 Å². The summed E-state index contributed by atoms with van der Waals surface area (Å²) in [5, 5.41) is 1.75. The highest BCUT2D eigenvalue weighted by molar-refractivity contribution is 5.66. The molecule has 0 spiro atoms. The second-order valence-corrected chi connectivity index (χ2v) is 1.92. The molecular formula is C7H15N2O2. The molecule has 0 bridgehead atoms. The van der Waals surface area contributed by atoms with Crippen LogP contribution in [0.5, 0.6) is 0 Å². The van der Waals surface area contributed by atoms with Gasteiger partial charge in [-0.25, -0.2) is 9.80 Å². The Bertz CT molecular complexity index is 113. The lowest BCUT2D eigenvalue weighted by atomic mass is 10.6. The quantitative estimate of drug-likeness (QED) is 0.617. The van der Waals surface area contributed by atoms with Crippen LogP contribution in [0.2, 0.25) is 0 Å². The Hall–Kier alpha value is -0.770. The van der Waals surface area contributed by atoms with Gasteiger partial charge < -0.3 is 4.74 Å². The minimum atomic E-state index is -0.441. The number of amides is 1. The van der Waals surface area contributed by atoms with E-state index in [4.69, 9.17) is 0 Å². The summed E-state index contributed by atoms with van der Waals surface area (Å²) in [6, 6.07) is 0. The van der Waals surface area contributed by atoms with Crippen LogP contribution in [0.15, 0.2) is 0 Å². The third-order valence-electron chi connectivity index (χ3n) is 1.25. The van der Waals surface area contributed by atoms with Crippen LogP contribution < -0.4 is 5.43 Å². The highest BCUT2D eigenvalue weighted by Crippen LogP contribution is 1.82. The smallest absolute Gasteiger partial charge is 0.421 e. The molecule has 0 aliphatic rings. The summed E-state index contributed by atoms with van der Waals surface area (Å²) >= 11 is 0. The average molecular weight is 159 g/mol. The first kappa shape index (κ1) is 10.2. The van der Waals surface area contributed by atoms with Crippen molar-refractivity contribution < 1.29 is 9.53 Å². The fourth-order valence-electron chi connectivity index (χ4n) is 0.636. The molecule has 0 aromatic carbocycles. The van der Waals surface area contributed by atoms with Gasteiger partial charge in [-0.3, -0.25) is 5.43 Å². The fourth-order valence-corrected chi connectivity index (χ4v) is 0.636. The number of carbonyl (C=O) groups excluding carboxylic acids is 1. The summed E-state index contributed by atoms with van der Waals surface area (Å²) in [6.45, 7) is 8.98. The van der Waals surface area contributed by atoms with Crippen LogP contribution in [0.3, 0.4) is 0 Å². The highest BCUT2D eigenvalue weighted by Gasteiger charge is 2.03. The fraction of sp³-hybridized carbons (Fsp3) is 0.714. The van der Waals surface area contributed by atoms with Crippen molar-refractivity contribution in [3.05, 3.63) is 6.92 Å². The second kappa shape index (κ2) is 5.97. The van der Waals surface area contributed by atoms with E-state index in [9.17, 15) is 4.79 Å². The lowest BCUT2D eigenvalue weighted by Gasteiger charge is -2.18. The van der Waals surface area contributed by atoms with Crippen molar-refractivity contribution in [3.8, 4) is 0 Å². The summed E-state index contributed by atoms with van der Waals surface area (Å²) in [5.41, 5.74) is 2.55. The van der Waals surface area contributed by atoms with E-state index in [2.05, 4.69) is 17.1 Å². The topological polar surface area (TPSA) is 41.6 Å². The number of carbonyl (C=O) groups is 1. The molecule has 0 unspecified atom stereocenters. The number of hydrazine groups is 1. The van der Waals surface area contributed by atoms with Crippen molar-refractivity contribution in [3.63, 3.8) is 0 Å². The average Bonchev–Trinajstić information content (AvgIpc) is 2.01. The highest BCUT2D eigenvalue weighted by atomic mass is 16.6. The van der Waals surface area contributed by atoms with Gasteiger partial charge >= 0.3 is 6.09 Å². The van der Waals surface area contributed by atoms with Gasteiger partial charge in [-0.2, -0.15) is 0 Å². The van der Waals surface area contributed by atoms with Crippen LogP contribution in [0.1, 0.15) is 13.8 Å². The summed E-state index contributed by atoms with van der Waals surface area (Å²) in [7, 11) is 0. The molecule has 0 aromatic rings. The van der Waals surface area contributed by atoms with Gasteiger partial charge in [-0.05, 0) is 6.92 Å². The van der Waals surface area contributed by atoms with E-state index in [1.54, 1.807) is 5.01 Å². The van der Waals surface area contributed by atoms with E-state index in [0.717, 1.165) is 13.1 Å². The van der Waals surface area contributed by atoms with Crippen molar-refractivity contribution in [1.29, 1.82) is 0 Å². The lowest BCUT2D eigenvalue weighted by Crippen LogP contribution is -2.42. The molecule has 0 aliphatic carbocycles. The maximum Gasteiger partial charge on any atom is 0.421 e. The molecular weight excluding hydrogens is 144 g/mol. The Kier molecular flexibility index (Phi) is 5.56. The number of nitrogens with one attached hydrogen (secondary N) is 1. The van der Waals surface area contributed by atoms with Gasteiger partial charge in [0.05, 0.1) is 6.61 Å². The zero-order chi connectivity index (χ0) is 8.69. The molecule has 11 heavy (non-hydrogen) atoms. The Morgan fingerprint density at radius 3 is 2.45 bits per heavy atom. The minimum absolute atomic E-state index is 0.160. The standard InChI is InChI=1S/C7H15N2O2/c1-4-9(5-2)8-7(10)11-6-3/h3-6H2,1-2H3,(H,8,10).